The summed E-state index contributed by atoms with van der Waals surface area (Å²) in [4.78, 5) is 76.2. The van der Waals surface area contributed by atoms with E-state index in [1.165, 1.54) is 9.80 Å². The number of hydrogen-bond acceptors (Lipinski definition) is 6. The summed E-state index contributed by atoms with van der Waals surface area (Å²) < 4.78 is 0. The summed E-state index contributed by atoms with van der Waals surface area (Å²) in [5, 5.41) is 5.79. The van der Waals surface area contributed by atoms with Crippen LogP contribution in [0.2, 0.25) is 0 Å². The third kappa shape index (κ3) is 8.71. The van der Waals surface area contributed by atoms with Gasteiger partial charge < -0.3 is 40.2 Å². The van der Waals surface area contributed by atoms with Gasteiger partial charge in [0.25, 0.3) is 5.91 Å². The normalized spacial score (nSPS) is 16.8. The maximum absolute atomic E-state index is 14.1. The Hall–Kier alpha value is -7.48. The maximum atomic E-state index is 14.1. The van der Waals surface area contributed by atoms with Crippen LogP contribution in [0.4, 0.5) is 9.59 Å². The van der Waals surface area contributed by atoms with Crippen molar-refractivity contribution in [2.75, 3.05) is 41.3 Å². The van der Waals surface area contributed by atoms with Crippen molar-refractivity contribution in [1.29, 1.82) is 0 Å². The summed E-state index contributed by atoms with van der Waals surface area (Å²) in [5.41, 5.74) is 7.10. The Labute approximate surface area is 360 Å². The lowest BCUT2D eigenvalue weighted by molar-refractivity contribution is -0.135. The topological polar surface area (TPSA) is 163 Å². The second-order valence-electron chi connectivity index (χ2n) is 15.9. The van der Waals surface area contributed by atoms with Crippen LogP contribution in [-0.2, 0) is 9.59 Å². The Morgan fingerprint density at radius 3 is 1.56 bits per heavy atom. The van der Waals surface area contributed by atoms with Crippen molar-refractivity contribution in [3.63, 3.8) is 0 Å². The zero-order valence-corrected chi connectivity index (χ0v) is 35.2. The van der Waals surface area contributed by atoms with Crippen LogP contribution < -0.4 is 10.6 Å². The highest BCUT2D eigenvalue weighted by Crippen LogP contribution is 2.35. The fourth-order valence-corrected chi connectivity index (χ4v) is 7.98. The Balaban J connectivity index is 0.930. The molecule has 2 aromatic heterocycles. The van der Waals surface area contributed by atoms with Crippen molar-refractivity contribution in [1.82, 2.24) is 50.2 Å². The number of carbonyl (C=O) groups excluding carboxylic acids is 4. The predicted molar refractivity (Wildman–Crippen MR) is 237 cm³/mol. The van der Waals surface area contributed by atoms with Crippen LogP contribution >= 0.6 is 0 Å². The number of aromatic amines is 2. The van der Waals surface area contributed by atoms with Gasteiger partial charge in [0.1, 0.15) is 29.8 Å². The van der Waals surface area contributed by atoms with Crippen LogP contribution in [-0.4, -0.2) is 105 Å². The molecular formula is C48H50N10O4. The molecule has 4 aromatic carbocycles. The lowest BCUT2D eigenvalue weighted by Crippen LogP contribution is -2.45. The van der Waals surface area contributed by atoms with Crippen LogP contribution in [0.1, 0.15) is 59.8 Å². The van der Waals surface area contributed by atoms with Gasteiger partial charge in [-0.2, -0.15) is 0 Å². The number of imidazole rings is 2. The molecule has 62 heavy (non-hydrogen) atoms. The maximum Gasteiger partial charge on any atom is 0.317 e. The van der Waals surface area contributed by atoms with Gasteiger partial charge >= 0.3 is 12.1 Å². The highest BCUT2D eigenvalue weighted by Gasteiger charge is 2.38. The molecule has 6 amide bonds. The summed E-state index contributed by atoms with van der Waals surface area (Å²) in [6, 6.07) is 32.0. The number of aromatic nitrogens is 4. The van der Waals surface area contributed by atoms with Gasteiger partial charge in [-0.3, -0.25) is 9.59 Å². The molecule has 14 heteroatoms. The van der Waals surface area contributed by atoms with Crippen LogP contribution in [0, 0.1) is 0 Å². The molecular weight excluding hydrogens is 781 g/mol. The Bertz CT molecular complexity index is 2550. The third-order valence-electron chi connectivity index (χ3n) is 11.4. The van der Waals surface area contributed by atoms with Crippen molar-refractivity contribution in [2.45, 2.75) is 37.0 Å². The van der Waals surface area contributed by atoms with Crippen LogP contribution in [0.15, 0.2) is 134 Å². The number of likely N-dealkylation sites (tertiary alicyclic amines) is 1. The van der Waals surface area contributed by atoms with Gasteiger partial charge in [0.2, 0.25) is 5.91 Å². The van der Waals surface area contributed by atoms with Gasteiger partial charge in [-0.1, -0.05) is 121 Å². The highest BCUT2D eigenvalue weighted by molar-refractivity contribution is 5.89. The molecule has 8 rings (SSSR count). The average molecular weight is 831 g/mol. The summed E-state index contributed by atoms with van der Waals surface area (Å²) in [6.07, 6.45) is 9.07. The molecule has 0 bridgehead atoms. The molecule has 14 nitrogen and oxygen atoms in total. The van der Waals surface area contributed by atoms with Crippen molar-refractivity contribution in [2.24, 2.45) is 0 Å². The molecule has 2 aliphatic heterocycles. The molecule has 4 N–H and O–H groups in total. The lowest BCUT2D eigenvalue weighted by Gasteiger charge is -2.29. The molecule has 0 saturated carbocycles. The SMILES string of the molecule is CN(C)C(=O)NC(C(=O)N1CCCC1c1ncc(-c2ccc(-c3ccc(-c4cnc(C5C=CCN5C(=O)[C@@H](NC(=O)N(C)C)c5ccccc5)[nH]4)cc3)cc2)[nH]1)c1ccccc1. The van der Waals surface area contributed by atoms with E-state index in [1.54, 1.807) is 39.3 Å². The number of hydrogen-bond donors (Lipinski definition) is 4. The standard InChI is InChI=1S/C48H50N10O4/c1-55(2)47(61)53-41(35-13-7-5-8-14-35)45(59)57-27-11-17-39(57)43-49-29-37(51-43)33-23-19-31(20-24-33)32-21-25-34(26-22-32)38-30-50-44(52-38)40-18-12-28-58(40)46(60)42(54-48(62)56(3)4)36-15-9-6-10-16-36/h5-11,13-17,19-26,29-30,39-42H,12,18,27-28H2,1-4H3,(H,49,51)(H,50,52)(H,53,61)(H,54,62)/t39?,40?,41-,42?/m0/s1. The van der Waals surface area contributed by atoms with Crippen molar-refractivity contribution >= 4 is 23.9 Å². The number of rotatable bonds is 11. The van der Waals surface area contributed by atoms with E-state index in [0.29, 0.717) is 30.3 Å². The zero-order valence-electron chi connectivity index (χ0n) is 35.2. The first-order valence-corrected chi connectivity index (χ1v) is 20.7. The molecule has 6 aromatic rings. The fourth-order valence-electron chi connectivity index (χ4n) is 7.98. The number of nitrogens with one attached hydrogen (secondary N) is 4. The first-order valence-electron chi connectivity index (χ1n) is 20.7. The van der Waals surface area contributed by atoms with Crippen LogP contribution in [0.5, 0.6) is 0 Å². The number of nitrogens with zero attached hydrogens (tertiary/aromatic N) is 6. The van der Waals surface area contributed by atoms with E-state index in [9.17, 15) is 19.2 Å². The largest absolute Gasteiger partial charge is 0.340 e. The van der Waals surface area contributed by atoms with Gasteiger partial charge in [0.15, 0.2) is 0 Å². The Morgan fingerprint density at radius 2 is 1.06 bits per heavy atom. The van der Waals surface area contributed by atoms with Crippen molar-refractivity contribution in [3.05, 3.63) is 157 Å². The second-order valence-corrected chi connectivity index (χ2v) is 15.9. The van der Waals surface area contributed by atoms with E-state index in [-0.39, 0.29) is 29.9 Å². The number of amides is 6. The van der Waals surface area contributed by atoms with Gasteiger partial charge in [-0.15, -0.1) is 0 Å². The Morgan fingerprint density at radius 1 is 0.613 bits per heavy atom. The molecule has 2 aliphatic rings. The molecule has 1 saturated heterocycles. The van der Waals surface area contributed by atoms with Crippen molar-refractivity contribution in [3.8, 4) is 33.6 Å². The van der Waals surface area contributed by atoms with E-state index in [4.69, 9.17) is 4.98 Å². The third-order valence-corrected chi connectivity index (χ3v) is 11.4. The van der Waals surface area contributed by atoms with E-state index >= 15 is 0 Å². The summed E-state index contributed by atoms with van der Waals surface area (Å²) in [6.45, 7) is 0.965. The number of H-pyrrole nitrogens is 2. The number of urea groups is 2. The van der Waals surface area contributed by atoms with Crippen molar-refractivity contribution < 1.29 is 19.2 Å². The minimum Gasteiger partial charge on any atom is -0.340 e. The monoisotopic (exact) mass is 830 g/mol. The molecule has 0 spiro atoms. The molecule has 4 atom stereocenters. The van der Waals surface area contributed by atoms with E-state index < -0.39 is 18.1 Å². The molecule has 1 fully saturated rings. The molecule has 4 heterocycles. The van der Waals surface area contributed by atoms with Crippen LogP contribution in [0.25, 0.3) is 33.6 Å². The van der Waals surface area contributed by atoms with Gasteiger partial charge in [0.05, 0.1) is 29.8 Å². The molecule has 0 radical (unpaired) electrons. The lowest BCUT2D eigenvalue weighted by atomic mass is 10.0. The second kappa shape index (κ2) is 18.0. The highest BCUT2D eigenvalue weighted by atomic mass is 16.2. The van der Waals surface area contributed by atoms with Gasteiger partial charge in [0, 0.05) is 41.3 Å². The van der Waals surface area contributed by atoms with Crippen LogP contribution in [0.3, 0.4) is 0 Å². The molecule has 316 valence electrons. The quantitative estimate of drug-likeness (QED) is 0.101. The van der Waals surface area contributed by atoms with E-state index in [0.717, 1.165) is 52.0 Å². The first-order chi connectivity index (χ1) is 30.0. The minimum absolute atomic E-state index is 0.166. The zero-order chi connectivity index (χ0) is 43.3. The van der Waals surface area contributed by atoms with E-state index in [2.05, 4.69) is 62.0 Å². The van der Waals surface area contributed by atoms with Gasteiger partial charge in [-0.05, 0) is 46.2 Å². The predicted octanol–water partition coefficient (Wildman–Crippen LogP) is 7.26. The molecule has 3 unspecified atom stereocenters. The van der Waals surface area contributed by atoms with Gasteiger partial charge in [-0.25, -0.2) is 19.6 Å². The number of benzene rings is 4. The summed E-state index contributed by atoms with van der Waals surface area (Å²) in [7, 11) is 6.59. The Kier molecular flexibility index (Phi) is 12.0. The first kappa shape index (κ1) is 41.3. The number of carbonyl (C=O) groups is 4. The fraction of sp³-hybridized carbons (Fsp3) is 0.250. The smallest absolute Gasteiger partial charge is 0.317 e. The summed E-state index contributed by atoms with van der Waals surface area (Å²) in [5.74, 6) is 0.953. The minimum atomic E-state index is -0.856. The van der Waals surface area contributed by atoms with E-state index in [1.807, 2.05) is 96.0 Å². The average Bonchev–Trinajstić information content (AvgIpc) is 4.15. The summed E-state index contributed by atoms with van der Waals surface area (Å²) >= 11 is 0. The molecule has 0 aliphatic carbocycles.